The Morgan fingerprint density at radius 1 is 0.581 bits per heavy atom. The summed E-state index contributed by atoms with van der Waals surface area (Å²) in [6.45, 7) is -1.29. The minimum atomic E-state index is -1.44. The second-order valence-corrected chi connectivity index (χ2v) is 23.1. The van der Waals surface area contributed by atoms with E-state index in [1.165, 1.54) is 73.9 Å². The van der Waals surface area contributed by atoms with Crippen LogP contribution < -0.4 is 21.3 Å². The third kappa shape index (κ3) is 14.6. The molecule has 2 aromatic carbocycles. The highest BCUT2D eigenvalue weighted by Crippen LogP contribution is 2.29. The third-order valence-corrected chi connectivity index (χ3v) is 17.7. The highest BCUT2D eigenvalue weighted by molar-refractivity contribution is 8.76. The van der Waals surface area contributed by atoms with E-state index in [2.05, 4.69) is 41.2 Å². The van der Waals surface area contributed by atoms with Crippen LogP contribution in [0.25, 0.3) is 22.1 Å². The van der Waals surface area contributed by atoms with Gasteiger partial charge < -0.3 is 40.9 Å². The number of fused-ring (bicyclic) bond motifs is 7. The maximum Gasteiger partial charge on any atom is 0.272 e. The number of hydrogen-bond acceptors (Lipinski definition) is 20. The van der Waals surface area contributed by atoms with Crippen LogP contribution in [0.1, 0.15) is 23.8 Å². The van der Waals surface area contributed by atoms with Crippen molar-refractivity contribution < 1.29 is 50.8 Å². The van der Waals surface area contributed by atoms with E-state index >= 15 is 0 Å². The molecular formula is C46H58N12O10S6. The van der Waals surface area contributed by atoms with E-state index in [0.717, 1.165) is 31.4 Å². The molecular weight excluding hydrogens is 1070 g/mol. The van der Waals surface area contributed by atoms with Gasteiger partial charge in [-0.25, -0.2) is 9.97 Å². The van der Waals surface area contributed by atoms with Crippen LogP contribution >= 0.6 is 68.6 Å². The Labute approximate surface area is 454 Å². The number of hydrogen-bond donors (Lipinski definition) is 4. The lowest BCUT2D eigenvalue weighted by molar-refractivity contribution is -0.144. The molecule has 4 N–H and O–H groups in total. The van der Waals surface area contributed by atoms with Gasteiger partial charge in [-0.05, 0) is 36.8 Å². The van der Waals surface area contributed by atoms with Crippen molar-refractivity contribution in [2.45, 2.75) is 36.3 Å². The third-order valence-electron chi connectivity index (χ3n) is 11.9. The Bertz CT molecular complexity index is 2630. The molecule has 0 unspecified atom stereocenters. The monoisotopic (exact) mass is 1130 g/mol. The maximum absolute atomic E-state index is 14.7. The standard InChI is InChI=1S/C46H54N12O10S6.2H2/c1-55-33-23-73-74-24-34(44(66)58(4)36(22-70-6)46(68)72-19-31(39(61)49-17-37(55)59)53-41(63)29-15-47-25-11-7-9-13-27(25)51-29)56(2)38(60)18-50-40(62)32(20-71-45(67)35(21-69-5)57(3)43(33)65)54-42(64)30-16-48-26-12-8-10-14-28(26)52-30;;/h7-16,31-36H,17-24H2,1-6H3,(H,49,61)(H,50,62)(H,53,63)(H,54,64);2*1H/t31-,32-,33+,34+,35+,36+;;/m1../s1/i;2*1+1. The second-order valence-electron chi connectivity index (χ2n) is 16.7. The van der Waals surface area contributed by atoms with E-state index in [9.17, 15) is 47.9 Å². The zero-order valence-corrected chi connectivity index (χ0v) is 45.9. The number of para-hydroxylation sites is 4. The van der Waals surface area contributed by atoms with Crippen molar-refractivity contribution in [1.82, 2.24) is 60.8 Å². The Balaban J connectivity index is 0.00000624. The molecule has 2 saturated heterocycles. The zero-order valence-electron chi connectivity index (χ0n) is 41.0. The summed E-state index contributed by atoms with van der Waals surface area (Å²) in [5, 5.41) is 9.22. The molecule has 0 aliphatic carbocycles. The quantitative estimate of drug-likeness (QED) is 0.180. The SMILES string of the molecule is CSC[C@H]1C(=O)SC[C@@H](NC(=O)c2cnc3ccccc3n2)C(=O)NCC(=O)N(C)[C@H]2CSSC[C@@H](C(=O)N1C)N(C)C(=O)CNC(=O)[C@H](NC(=O)c1cnc3ccccc3n1)CSC(=O)[C@H](CSC)N(C)C2=O.[2HH].[2HH]. The number of carbonyl (C=O) groups is 10. The minimum Gasteiger partial charge on any atom is -0.345 e. The van der Waals surface area contributed by atoms with Crippen molar-refractivity contribution in [2.24, 2.45) is 0 Å². The summed E-state index contributed by atoms with van der Waals surface area (Å²) >= 11 is 3.88. The summed E-state index contributed by atoms with van der Waals surface area (Å²) in [6, 6.07) is 6.07. The van der Waals surface area contributed by atoms with E-state index in [-0.39, 0.29) is 48.8 Å². The fourth-order valence-electron chi connectivity index (χ4n) is 7.35. The van der Waals surface area contributed by atoms with Gasteiger partial charge in [-0.15, -0.1) is 0 Å². The number of nitrogens with one attached hydrogen (secondary N) is 4. The van der Waals surface area contributed by atoms with E-state index in [1.54, 1.807) is 61.0 Å². The van der Waals surface area contributed by atoms with Gasteiger partial charge in [-0.1, -0.05) is 69.4 Å². The summed E-state index contributed by atoms with van der Waals surface area (Å²) < 4.78 is 0. The first-order valence-electron chi connectivity index (χ1n) is 22.6. The van der Waals surface area contributed by atoms with Crippen molar-refractivity contribution in [3.05, 3.63) is 72.3 Å². The van der Waals surface area contributed by atoms with Crippen LogP contribution in [-0.4, -0.2) is 222 Å². The number of benzene rings is 2. The molecule has 6 rings (SSSR count). The molecule has 2 aromatic heterocycles. The summed E-state index contributed by atoms with van der Waals surface area (Å²) in [5.74, 6) is -6.75. The van der Waals surface area contributed by atoms with Crippen LogP contribution in [0.15, 0.2) is 60.9 Å². The Morgan fingerprint density at radius 3 is 1.31 bits per heavy atom. The Hall–Kier alpha value is -5.68. The van der Waals surface area contributed by atoms with Gasteiger partial charge in [0, 0.05) is 65.6 Å². The van der Waals surface area contributed by atoms with Crippen molar-refractivity contribution in [1.29, 1.82) is 0 Å². The van der Waals surface area contributed by atoms with Crippen molar-refractivity contribution in [3.63, 3.8) is 0 Å². The van der Waals surface area contributed by atoms with E-state index < -0.39 is 107 Å². The summed E-state index contributed by atoms with van der Waals surface area (Å²) in [5.41, 5.74) is 1.62. The van der Waals surface area contributed by atoms with Crippen LogP contribution in [0, 0.1) is 0 Å². The van der Waals surface area contributed by atoms with E-state index in [4.69, 9.17) is 0 Å². The number of thioether (sulfide) groups is 4. The number of nitrogens with zero attached hydrogens (tertiary/aromatic N) is 8. The number of aromatic nitrogens is 4. The van der Waals surface area contributed by atoms with Crippen LogP contribution in [0.5, 0.6) is 0 Å². The minimum absolute atomic E-state index is 0. The first kappa shape index (κ1) is 57.6. The fourth-order valence-corrected chi connectivity index (χ4v) is 13.5. The van der Waals surface area contributed by atoms with Gasteiger partial charge in [0.1, 0.15) is 47.6 Å². The van der Waals surface area contributed by atoms with E-state index in [1.807, 2.05) is 0 Å². The summed E-state index contributed by atoms with van der Waals surface area (Å²) in [7, 11) is 7.77. The molecule has 0 spiro atoms. The summed E-state index contributed by atoms with van der Waals surface area (Å²) in [4.78, 5) is 163. The largest absolute Gasteiger partial charge is 0.345 e. The van der Waals surface area contributed by atoms with Crippen molar-refractivity contribution in [3.8, 4) is 0 Å². The van der Waals surface area contributed by atoms with Gasteiger partial charge in [-0.2, -0.15) is 23.5 Å². The molecule has 8 amide bonds. The molecule has 2 bridgehead atoms. The van der Waals surface area contributed by atoms with E-state index in [0.29, 0.717) is 45.6 Å². The molecule has 6 atom stereocenters. The predicted octanol–water partition coefficient (Wildman–Crippen LogP) is 1.16. The highest BCUT2D eigenvalue weighted by atomic mass is 33.1. The molecule has 22 nitrogen and oxygen atoms in total. The second kappa shape index (κ2) is 27.2. The molecule has 2 aliphatic heterocycles. The lowest BCUT2D eigenvalue weighted by Crippen LogP contribution is -2.57. The van der Waals surface area contributed by atoms with Crippen LogP contribution in [0.4, 0.5) is 0 Å². The van der Waals surface area contributed by atoms with Crippen LogP contribution in [0.3, 0.4) is 0 Å². The number of amides is 8. The van der Waals surface area contributed by atoms with Gasteiger partial charge in [0.05, 0.1) is 47.6 Å². The maximum atomic E-state index is 14.7. The van der Waals surface area contributed by atoms with Gasteiger partial charge in [0.15, 0.2) is 0 Å². The van der Waals surface area contributed by atoms with Crippen LogP contribution in [0.2, 0.25) is 0 Å². The lowest BCUT2D eigenvalue weighted by Gasteiger charge is -2.35. The molecule has 0 saturated carbocycles. The van der Waals surface area contributed by atoms with Crippen molar-refractivity contribution in [2.75, 3.05) is 88.3 Å². The smallest absolute Gasteiger partial charge is 0.272 e. The molecule has 2 fully saturated rings. The highest BCUT2D eigenvalue weighted by Gasteiger charge is 2.39. The average Bonchev–Trinajstić information content (AvgIpc) is 3.41. The number of rotatable bonds is 8. The normalized spacial score (nSPS) is 23.1. The van der Waals surface area contributed by atoms with Gasteiger partial charge in [0.2, 0.25) is 45.7 Å². The Morgan fingerprint density at radius 2 is 0.946 bits per heavy atom. The van der Waals surface area contributed by atoms with Gasteiger partial charge >= 0.3 is 0 Å². The molecule has 2 aliphatic rings. The molecule has 0 radical (unpaired) electrons. The fraction of sp³-hybridized carbons (Fsp3) is 0.435. The lowest BCUT2D eigenvalue weighted by atomic mass is 10.2. The Kier molecular flexibility index (Phi) is 21.2. The number of likely N-dealkylation sites (N-methyl/N-ethyl adjacent to an activating group) is 4. The zero-order chi connectivity index (χ0) is 53.6. The van der Waals surface area contributed by atoms with Gasteiger partial charge in [0.25, 0.3) is 11.8 Å². The molecule has 28 heteroatoms. The first-order chi connectivity index (χ1) is 35.4. The molecule has 74 heavy (non-hydrogen) atoms. The molecule has 4 heterocycles. The van der Waals surface area contributed by atoms with Crippen molar-refractivity contribution >= 4 is 148 Å². The first-order valence-corrected chi connectivity index (χ1v) is 29.9. The van der Waals surface area contributed by atoms with Crippen LogP contribution in [-0.2, 0) is 38.4 Å². The topological polar surface area (TPSA) is 283 Å². The molecule has 4 aromatic rings. The molecule has 398 valence electrons. The predicted molar refractivity (Wildman–Crippen MR) is 295 cm³/mol. The average molecular weight is 1130 g/mol. The summed E-state index contributed by atoms with van der Waals surface area (Å²) in [6.07, 6.45) is 5.94. The van der Waals surface area contributed by atoms with Gasteiger partial charge in [-0.3, -0.25) is 57.9 Å². The number of carbonyl (C=O) groups excluding carboxylic acids is 10.